The second-order valence-electron chi connectivity index (χ2n) is 8.27. The first kappa shape index (κ1) is 24.8. The van der Waals surface area contributed by atoms with Crippen LogP contribution in [0.3, 0.4) is 0 Å². The molecule has 1 atom stereocenters. The minimum atomic E-state index is -0.389. The number of nitrogens with one attached hydrogen (secondary N) is 1. The van der Waals surface area contributed by atoms with Crippen molar-refractivity contribution < 1.29 is 19.1 Å². The molecule has 1 aliphatic heterocycles. The molecular formula is C27H29N5O4. The van der Waals surface area contributed by atoms with Crippen molar-refractivity contribution in [2.45, 2.75) is 33.2 Å². The molecule has 1 aromatic heterocycles. The van der Waals surface area contributed by atoms with E-state index in [1.165, 1.54) is 17.4 Å². The number of rotatable bonds is 9. The van der Waals surface area contributed by atoms with E-state index in [9.17, 15) is 9.59 Å². The number of hydrogen-bond acceptors (Lipinski definition) is 7. The maximum atomic E-state index is 12.9. The fourth-order valence-corrected chi connectivity index (χ4v) is 4.01. The molecule has 3 aromatic rings. The van der Waals surface area contributed by atoms with Crippen LogP contribution in [0.15, 0.2) is 66.0 Å². The first-order valence-corrected chi connectivity index (χ1v) is 11.9. The van der Waals surface area contributed by atoms with Gasteiger partial charge in [-0.15, -0.1) is 0 Å². The molecule has 36 heavy (non-hydrogen) atoms. The summed E-state index contributed by atoms with van der Waals surface area (Å²) in [5.41, 5.74) is 3.26. The SMILES string of the molecule is CCOc1cc(C2=NN(Cc3ccc(NC(=O)c4ncccn4)cc3)C(=O)CC2CC)ccc1OC. The molecule has 2 heterocycles. The molecule has 0 saturated heterocycles. The van der Waals surface area contributed by atoms with Gasteiger partial charge in [0.15, 0.2) is 11.5 Å². The second-order valence-corrected chi connectivity index (χ2v) is 8.27. The van der Waals surface area contributed by atoms with Gasteiger partial charge in [0.2, 0.25) is 11.7 Å². The quantitative estimate of drug-likeness (QED) is 0.482. The van der Waals surface area contributed by atoms with Gasteiger partial charge < -0.3 is 14.8 Å². The summed E-state index contributed by atoms with van der Waals surface area (Å²) in [7, 11) is 1.61. The lowest BCUT2D eigenvalue weighted by Crippen LogP contribution is -2.36. The topological polar surface area (TPSA) is 106 Å². The molecular weight excluding hydrogens is 458 g/mol. The second kappa shape index (κ2) is 11.4. The van der Waals surface area contributed by atoms with E-state index in [1.807, 2.05) is 37.3 Å². The number of anilines is 1. The molecule has 0 radical (unpaired) electrons. The molecule has 186 valence electrons. The van der Waals surface area contributed by atoms with Crippen molar-refractivity contribution in [3.8, 4) is 11.5 Å². The molecule has 9 heteroatoms. The number of methoxy groups -OCH3 is 1. The van der Waals surface area contributed by atoms with Crippen molar-refractivity contribution in [1.29, 1.82) is 0 Å². The maximum Gasteiger partial charge on any atom is 0.293 e. The monoisotopic (exact) mass is 487 g/mol. The van der Waals surface area contributed by atoms with Gasteiger partial charge in [-0.1, -0.05) is 19.1 Å². The third kappa shape index (κ3) is 5.68. The molecule has 0 bridgehead atoms. The molecule has 1 unspecified atom stereocenters. The van der Waals surface area contributed by atoms with Crippen LogP contribution in [0.25, 0.3) is 0 Å². The number of aromatic nitrogens is 2. The fraction of sp³-hybridized carbons (Fsp3) is 0.296. The van der Waals surface area contributed by atoms with E-state index in [2.05, 4.69) is 22.2 Å². The number of hydrogen-bond donors (Lipinski definition) is 1. The van der Waals surface area contributed by atoms with Crippen LogP contribution < -0.4 is 14.8 Å². The zero-order valence-electron chi connectivity index (χ0n) is 20.6. The van der Waals surface area contributed by atoms with Gasteiger partial charge in [-0.05, 0) is 55.3 Å². The Labute approximate surface area is 210 Å². The predicted molar refractivity (Wildman–Crippen MR) is 136 cm³/mol. The molecule has 0 spiro atoms. The molecule has 9 nitrogen and oxygen atoms in total. The van der Waals surface area contributed by atoms with Gasteiger partial charge in [0, 0.05) is 36.0 Å². The van der Waals surface area contributed by atoms with Gasteiger partial charge in [-0.3, -0.25) is 9.59 Å². The number of carbonyl (C=O) groups excluding carboxylic acids is 2. The van der Waals surface area contributed by atoms with E-state index >= 15 is 0 Å². The molecule has 0 aliphatic carbocycles. The Kier molecular flexibility index (Phi) is 7.89. The summed E-state index contributed by atoms with van der Waals surface area (Å²) < 4.78 is 11.1. The number of carbonyl (C=O) groups is 2. The van der Waals surface area contributed by atoms with E-state index in [-0.39, 0.29) is 23.6 Å². The third-order valence-electron chi connectivity index (χ3n) is 5.89. The van der Waals surface area contributed by atoms with Crippen molar-refractivity contribution in [3.63, 3.8) is 0 Å². The van der Waals surface area contributed by atoms with E-state index in [4.69, 9.17) is 14.6 Å². The summed E-state index contributed by atoms with van der Waals surface area (Å²) in [5, 5.41) is 9.05. The summed E-state index contributed by atoms with van der Waals surface area (Å²) in [5.74, 6) is 1.01. The highest BCUT2D eigenvalue weighted by atomic mass is 16.5. The van der Waals surface area contributed by atoms with Crippen LogP contribution >= 0.6 is 0 Å². The third-order valence-corrected chi connectivity index (χ3v) is 5.89. The lowest BCUT2D eigenvalue weighted by atomic mass is 9.89. The Bertz CT molecular complexity index is 1240. The zero-order valence-corrected chi connectivity index (χ0v) is 20.6. The molecule has 1 aliphatic rings. The van der Waals surface area contributed by atoms with Crippen LogP contribution in [0, 0.1) is 5.92 Å². The van der Waals surface area contributed by atoms with Gasteiger partial charge >= 0.3 is 0 Å². The fourth-order valence-electron chi connectivity index (χ4n) is 4.01. The zero-order chi connectivity index (χ0) is 25.5. The van der Waals surface area contributed by atoms with Gasteiger partial charge in [0.05, 0.1) is 26.0 Å². The summed E-state index contributed by atoms with van der Waals surface area (Å²) in [6.07, 6.45) is 4.22. The summed E-state index contributed by atoms with van der Waals surface area (Å²) in [6.45, 7) is 4.82. The van der Waals surface area contributed by atoms with E-state index < -0.39 is 0 Å². The highest BCUT2D eigenvalue weighted by Crippen LogP contribution is 2.32. The molecule has 4 rings (SSSR count). The van der Waals surface area contributed by atoms with Crippen LogP contribution in [0.4, 0.5) is 5.69 Å². The van der Waals surface area contributed by atoms with Crippen LogP contribution in [0.2, 0.25) is 0 Å². The number of ether oxygens (including phenoxy) is 2. The van der Waals surface area contributed by atoms with Gasteiger partial charge in [0.1, 0.15) is 0 Å². The van der Waals surface area contributed by atoms with Gasteiger partial charge in [0.25, 0.3) is 5.91 Å². The Morgan fingerprint density at radius 2 is 1.83 bits per heavy atom. The largest absolute Gasteiger partial charge is 0.493 e. The molecule has 0 saturated carbocycles. The molecule has 1 N–H and O–H groups in total. The van der Waals surface area contributed by atoms with Crippen LogP contribution in [-0.4, -0.2) is 46.2 Å². The van der Waals surface area contributed by atoms with Crippen LogP contribution in [0.5, 0.6) is 11.5 Å². The number of benzene rings is 2. The Hall–Kier alpha value is -4.27. The lowest BCUT2D eigenvalue weighted by Gasteiger charge is -2.29. The smallest absolute Gasteiger partial charge is 0.293 e. The molecule has 2 amide bonds. The van der Waals surface area contributed by atoms with E-state index in [0.717, 1.165) is 23.3 Å². The minimum absolute atomic E-state index is 0.0226. The Morgan fingerprint density at radius 3 is 2.50 bits per heavy atom. The Morgan fingerprint density at radius 1 is 1.08 bits per heavy atom. The predicted octanol–water partition coefficient (Wildman–Crippen LogP) is 4.30. The standard InChI is InChI=1S/C27H29N5O4/c1-4-19-16-24(33)32(31-25(19)20-9-12-22(35-3)23(15-20)36-5-2)17-18-7-10-21(11-8-18)30-27(34)26-28-13-6-14-29-26/h6-15,19H,4-5,16-17H2,1-3H3,(H,30,34). The minimum Gasteiger partial charge on any atom is -0.493 e. The van der Waals surface area contributed by atoms with Crippen molar-refractivity contribution in [2.75, 3.05) is 19.0 Å². The van der Waals surface area contributed by atoms with Crippen molar-refractivity contribution in [2.24, 2.45) is 11.0 Å². The van der Waals surface area contributed by atoms with Crippen molar-refractivity contribution >= 4 is 23.2 Å². The summed E-state index contributed by atoms with van der Waals surface area (Å²) in [6, 6.07) is 14.7. The normalized spacial score (nSPS) is 15.3. The summed E-state index contributed by atoms with van der Waals surface area (Å²) >= 11 is 0. The molecule has 0 fully saturated rings. The van der Waals surface area contributed by atoms with Crippen LogP contribution in [-0.2, 0) is 11.3 Å². The van der Waals surface area contributed by atoms with Gasteiger partial charge in [-0.2, -0.15) is 5.10 Å². The average Bonchev–Trinajstić information content (AvgIpc) is 2.91. The average molecular weight is 488 g/mol. The van der Waals surface area contributed by atoms with Crippen molar-refractivity contribution in [3.05, 3.63) is 77.9 Å². The van der Waals surface area contributed by atoms with Gasteiger partial charge in [-0.25, -0.2) is 15.0 Å². The number of nitrogens with zero attached hydrogens (tertiary/aromatic N) is 4. The highest BCUT2D eigenvalue weighted by Gasteiger charge is 2.29. The van der Waals surface area contributed by atoms with Crippen LogP contribution in [0.1, 0.15) is 48.4 Å². The first-order chi connectivity index (χ1) is 17.5. The number of amides is 2. The number of hydrazone groups is 1. The van der Waals surface area contributed by atoms with E-state index in [0.29, 0.717) is 36.8 Å². The van der Waals surface area contributed by atoms with Crippen molar-refractivity contribution in [1.82, 2.24) is 15.0 Å². The van der Waals surface area contributed by atoms with E-state index in [1.54, 1.807) is 25.3 Å². The lowest BCUT2D eigenvalue weighted by molar-refractivity contribution is -0.133. The maximum absolute atomic E-state index is 12.9. The summed E-state index contributed by atoms with van der Waals surface area (Å²) in [4.78, 5) is 33.1. The Balaban J connectivity index is 1.52. The highest BCUT2D eigenvalue weighted by molar-refractivity contribution is 6.06. The molecule has 2 aromatic carbocycles. The first-order valence-electron chi connectivity index (χ1n) is 11.9.